The minimum atomic E-state index is -0.488. The molecule has 20 heavy (non-hydrogen) atoms. The summed E-state index contributed by atoms with van der Waals surface area (Å²) in [7, 11) is 1.50. The Morgan fingerprint density at radius 2 is 2.20 bits per heavy atom. The highest BCUT2D eigenvalue weighted by molar-refractivity contribution is 8.00. The molecule has 0 bridgehead atoms. The number of esters is 1. The lowest BCUT2D eigenvalue weighted by Gasteiger charge is -2.33. The number of hydrogen-bond acceptors (Lipinski definition) is 5. The lowest BCUT2D eigenvalue weighted by molar-refractivity contribution is -0.148. The van der Waals surface area contributed by atoms with Crippen LogP contribution in [0.5, 0.6) is 0 Å². The summed E-state index contributed by atoms with van der Waals surface area (Å²) >= 11 is 1.87. The topological polar surface area (TPSA) is 47.6 Å². The summed E-state index contributed by atoms with van der Waals surface area (Å²) in [4.78, 5) is 12.4. The fourth-order valence-corrected chi connectivity index (χ4v) is 4.43. The largest absolute Gasteiger partial charge is 0.468 e. The fraction of sp³-hybridized carbons (Fsp3) is 0.933. The molecule has 0 aromatic heterocycles. The highest BCUT2D eigenvalue weighted by atomic mass is 32.2. The minimum Gasteiger partial charge on any atom is -0.468 e. The maximum Gasteiger partial charge on any atom is 0.327 e. The van der Waals surface area contributed by atoms with Gasteiger partial charge in [-0.1, -0.05) is 6.92 Å². The number of rotatable bonds is 8. The van der Waals surface area contributed by atoms with Crippen LogP contribution in [-0.2, 0) is 14.3 Å². The molecule has 2 aliphatic rings. The lowest BCUT2D eigenvalue weighted by atomic mass is 9.95. The van der Waals surface area contributed by atoms with Gasteiger partial charge in [0.2, 0.25) is 0 Å². The van der Waals surface area contributed by atoms with Crippen molar-refractivity contribution in [3.05, 3.63) is 0 Å². The molecule has 0 radical (unpaired) electrons. The summed E-state index contributed by atoms with van der Waals surface area (Å²) in [6.07, 6.45) is 4.66. The van der Waals surface area contributed by atoms with Gasteiger partial charge in [-0.2, -0.15) is 11.8 Å². The molecule has 1 aliphatic carbocycles. The zero-order valence-electron chi connectivity index (χ0n) is 12.8. The smallest absolute Gasteiger partial charge is 0.327 e. The van der Waals surface area contributed by atoms with Crippen LogP contribution >= 0.6 is 11.8 Å². The van der Waals surface area contributed by atoms with E-state index in [0.717, 1.165) is 44.6 Å². The molecule has 1 saturated heterocycles. The zero-order valence-corrected chi connectivity index (χ0v) is 13.6. The summed E-state index contributed by atoms with van der Waals surface area (Å²) in [5.41, 5.74) is -0.488. The lowest BCUT2D eigenvalue weighted by Crippen LogP contribution is -2.57. The predicted octanol–water partition coefficient (Wildman–Crippen LogP) is 2.22. The standard InChI is InChI=1S/C15H27NO3S/c1-4-8-16-15(12-5-6-12,14(17)18-3)10-20-13-7-9-19-11(13)2/h11-13,16H,4-10H2,1-3H3. The van der Waals surface area contributed by atoms with E-state index in [4.69, 9.17) is 9.47 Å². The maximum absolute atomic E-state index is 12.4. The summed E-state index contributed by atoms with van der Waals surface area (Å²) in [6, 6.07) is 0. The number of carbonyl (C=O) groups excluding carboxylic acids is 1. The Kier molecular flexibility index (Phi) is 5.75. The van der Waals surface area contributed by atoms with Gasteiger partial charge in [0, 0.05) is 17.6 Å². The van der Waals surface area contributed by atoms with Crippen LogP contribution in [-0.4, -0.2) is 48.9 Å². The number of thioether (sulfide) groups is 1. The van der Waals surface area contributed by atoms with E-state index in [0.29, 0.717) is 17.3 Å². The molecule has 0 amide bonds. The van der Waals surface area contributed by atoms with Crippen molar-refractivity contribution in [1.29, 1.82) is 0 Å². The van der Waals surface area contributed by atoms with Gasteiger partial charge in [-0.25, -0.2) is 0 Å². The van der Waals surface area contributed by atoms with Crippen molar-refractivity contribution in [1.82, 2.24) is 5.32 Å². The first kappa shape index (κ1) is 16.1. The molecule has 2 fully saturated rings. The summed E-state index contributed by atoms with van der Waals surface area (Å²) in [6.45, 7) is 5.96. The molecule has 1 aliphatic heterocycles. The first-order chi connectivity index (χ1) is 9.64. The Labute approximate surface area is 126 Å². The molecule has 4 nitrogen and oxygen atoms in total. The Bertz CT molecular complexity index is 335. The van der Waals surface area contributed by atoms with Crippen molar-refractivity contribution in [2.24, 2.45) is 5.92 Å². The quantitative estimate of drug-likeness (QED) is 0.697. The van der Waals surface area contributed by atoms with Gasteiger partial charge in [0.15, 0.2) is 0 Å². The van der Waals surface area contributed by atoms with Crippen molar-refractivity contribution in [3.8, 4) is 0 Å². The SMILES string of the molecule is CCCNC(CSC1CCOC1C)(C(=O)OC)C1CC1. The van der Waals surface area contributed by atoms with Crippen LogP contribution in [0.1, 0.15) is 39.5 Å². The van der Waals surface area contributed by atoms with Crippen molar-refractivity contribution in [2.75, 3.05) is 26.0 Å². The third-order valence-corrected chi connectivity index (χ3v) is 6.02. The van der Waals surface area contributed by atoms with Crippen LogP contribution in [0.3, 0.4) is 0 Å². The van der Waals surface area contributed by atoms with Gasteiger partial charge < -0.3 is 14.8 Å². The average Bonchev–Trinajstić information content (AvgIpc) is 3.23. The summed E-state index contributed by atoms with van der Waals surface area (Å²) in [5.74, 6) is 1.14. The second kappa shape index (κ2) is 7.14. The number of carbonyl (C=O) groups is 1. The van der Waals surface area contributed by atoms with E-state index < -0.39 is 5.54 Å². The second-order valence-electron chi connectivity index (χ2n) is 5.88. The minimum absolute atomic E-state index is 0.0903. The van der Waals surface area contributed by atoms with Crippen LogP contribution in [0.15, 0.2) is 0 Å². The molecule has 116 valence electrons. The average molecular weight is 301 g/mol. The number of ether oxygens (including phenoxy) is 2. The van der Waals surface area contributed by atoms with Gasteiger partial charge in [0.05, 0.1) is 13.2 Å². The number of nitrogens with one attached hydrogen (secondary N) is 1. The monoisotopic (exact) mass is 301 g/mol. The second-order valence-corrected chi connectivity index (χ2v) is 7.11. The van der Waals surface area contributed by atoms with Gasteiger partial charge in [0.1, 0.15) is 5.54 Å². The molecule has 0 spiro atoms. The first-order valence-electron chi connectivity index (χ1n) is 7.70. The Balaban J connectivity index is 2.02. The van der Waals surface area contributed by atoms with Crippen molar-refractivity contribution >= 4 is 17.7 Å². The molecule has 0 aromatic carbocycles. The van der Waals surface area contributed by atoms with Gasteiger partial charge >= 0.3 is 5.97 Å². The molecular weight excluding hydrogens is 274 g/mol. The third-order valence-electron chi connectivity index (χ3n) is 4.35. The van der Waals surface area contributed by atoms with E-state index in [-0.39, 0.29) is 5.97 Å². The van der Waals surface area contributed by atoms with Gasteiger partial charge in [-0.05, 0) is 45.1 Å². The molecule has 1 heterocycles. The molecule has 1 saturated carbocycles. The molecule has 2 rings (SSSR count). The van der Waals surface area contributed by atoms with E-state index >= 15 is 0 Å². The number of hydrogen-bond donors (Lipinski definition) is 1. The Hall–Kier alpha value is -0.260. The predicted molar refractivity (Wildman–Crippen MR) is 82.0 cm³/mol. The molecular formula is C15H27NO3S. The zero-order chi connectivity index (χ0) is 14.6. The number of methoxy groups -OCH3 is 1. The van der Waals surface area contributed by atoms with Gasteiger partial charge in [-0.15, -0.1) is 0 Å². The van der Waals surface area contributed by atoms with Gasteiger partial charge in [0.25, 0.3) is 0 Å². The van der Waals surface area contributed by atoms with Crippen LogP contribution < -0.4 is 5.32 Å². The van der Waals surface area contributed by atoms with E-state index in [9.17, 15) is 4.79 Å². The normalized spacial score (nSPS) is 29.1. The molecule has 0 aromatic rings. The highest BCUT2D eigenvalue weighted by Gasteiger charge is 2.51. The summed E-state index contributed by atoms with van der Waals surface area (Å²) < 4.78 is 10.7. The van der Waals surface area contributed by atoms with Crippen molar-refractivity contribution in [2.45, 2.75) is 56.4 Å². The highest BCUT2D eigenvalue weighted by Crippen LogP contribution is 2.43. The van der Waals surface area contributed by atoms with Crippen LogP contribution in [0.4, 0.5) is 0 Å². The Morgan fingerprint density at radius 3 is 2.70 bits per heavy atom. The van der Waals surface area contributed by atoms with Crippen LogP contribution in [0.25, 0.3) is 0 Å². The molecule has 3 atom stereocenters. The van der Waals surface area contributed by atoms with E-state index in [1.165, 1.54) is 7.11 Å². The van der Waals surface area contributed by atoms with Gasteiger partial charge in [-0.3, -0.25) is 4.79 Å². The van der Waals surface area contributed by atoms with Crippen molar-refractivity contribution < 1.29 is 14.3 Å². The molecule has 3 unspecified atom stereocenters. The Morgan fingerprint density at radius 1 is 1.45 bits per heavy atom. The maximum atomic E-state index is 12.4. The van der Waals surface area contributed by atoms with E-state index in [1.807, 2.05) is 11.8 Å². The van der Waals surface area contributed by atoms with E-state index in [1.54, 1.807) is 0 Å². The first-order valence-corrected chi connectivity index (χ1v) is 8.75. The summed E-state index contributed by atoms with van der Waals surface area (Å²) in [5, 5.41) is 4.00. The fourth-order valence-electron chi connectivity index (χ4n) is 2.89. The van der Waals surface area contributed by atoms with E-state index in [2.05, 4.69) is 19.2 Å². The van der Waals surface area contributed by atoms with Crippen LogP contribution in [0.2, 0.25) is 0 Å². The van der Waals surface area contributed by atoms with Crippen molar-refractivity contribution in [3.63, 3.8) is 0 Å². The molecule has 5 heteroatoms. The third kappa shape index (κ3) is 3.49. The molecule has 1 N–H and O–H groups in total. The van der Waals surface area contributed by atoms with Crippen LogP contribution in [0, 0.1) is 5.92 Å².